The van der Waals surface area contributed by atoms with Gasteiger partial charge in [0, 0.05) is 12.8 Å². The van der Waals surface area contributed by atoms with Gasteiger partial charge in [0.2, 0.25) is 0 Å². The van der Waals surface area contributed by atoms with Gasteiger partial charge in [-0.15, -0.1) is 0 Å². The third-order valence-corrected chi connectivity index (χ3v) is 15.0. The highest BCUT2D eigenvalue weighted by Crippen LogP contribution is 2.18. The van der Waals surface area contributed by atoms with E-state index in [0.717, 1.165) is 70.6 Å². The molecule has 1 atom stereocenters. The molecule has 1 unspecified atom stereocenters. The summed E-state index contributed by atoms with van der Waals surface area (Å²) in [5.74, 6) is -0.652. The maximum absolute atomic E-state index is 12.3. The average molecular weight is 1070 g/mol. The lowest BCUT2D eigenvalue weighted by Crippen LogP contribution is -2.28. The van der Waals surface area contributed by atoms with Crippen LogP contribution in [-0.4, -0.2) is 36.4 Å². The first kappa shape index (κ1) is 74.1. The van der Waals surface area contributed by atoms with Crippen LogP contribution in [0.25, 0.3) is 0 Å². The number of ether oxygens (including phenoxy) is 2. The van der Waals surface area contributed by atoms with E-state index in [1.165, 1.54) is 238 Å². The first-order valence-electron chi connectivity index (χ1n) is 33.6. The van der Waals surface area contributed by atoms with Crippen LogP contribution < -0.4 is 0 Å². The van der Waals surface area contributed by atoms with Gasteiger partial charge in [-0.3, -0.25) is 9.59 Å². The highest BCUT2D eigenvalue weighted by Gasteiger charge is 2.16. The van der Waals surface area contributed by atoms with Crippen molar-refractivity contribution < 1.29 is 24.2 Å². The van der Waals surface area contributed by atoms with E-state index < -0.39 is 6.10 Å². The van der Waals surface area contributed by atoms with E-state index in [4.69, 9.17) is 9.47 Å². The second-order valence-electron chi connectivity index (χ2n) is 22.5. The maximum Gasteiger partial charge on any atom is 0.306 e. The number of carbonyl (C=O) groups excluding carboxylic acids is 2. The molecule has 77 heavy (non-hydrogen) atoms. The largest absolute Gasteiger partial charge is 0.462 e. The molecule has 446 valence electrons. The fraction of sp³-hybridized carbons (Fsp3) is 0.778. The summed E-state index contributed by atoms with van der Waals surface area (Å²) in [6.45, 7) is 4.02. The van der Waals surface area contributed by atoms with Gasteiger partial charge in [-0.25, -0.2) is 0 Å². The molecule has 0 aromatic carbocycles. The Morgan fingerprint density at radius 1 is 0.312 bits per heavy atom. The molecule has 0 aliphatic carbocycles. The minimum atomic E-state index is -0.808. The Labute approximate surface area is 479 Å². The van der Waals surface area contributed by atoms with E-state index in [2.05, 4.69) is 98.9 Å². The number of unbranched alkanes of at least 4 members (excludes halogenated alkanes) is 40. The van der Waals surface area contributed by atoms with Crippen LogP contribution in [0, 0.1) is 0 Å². The van der Waals surface area contributed by atoms with Crippen LogP contribution in [0.1, 0.15) is 341 Å². The Morgan fingerprint density at radius 2 is 0.558 bits per heavy atom. The summed E-state index contributed by atoms with van der Waals surface area (Å²) in [6.07, 6.45) is 94.9. The lowest BCUT2D eigenvalue weighted by Gasteiger charge is -2.15. The second-order valence-corrected chi connectivity index (χ2v) is 22.5. The van der Waals surface area contributed by atoms with Crippen LogP contribution >= 0.6 is 0 Å². The van der Waals surface area contributed by atoms with Crippen LogP contribution in [-0.2, 0) is 19.1 Å². The smallest absolute Gasteiger partial charge is 0.306 e. The van der Waals surface area contributed by atoms with E-state index >= 15 is 0 Å². The van der Waals surface area contributed by atoms with Gasteiger partial charge in [-0.1, -0.05) is 349 Å². The zero-order chi connectivity index (χ0) is 55.5. The topological polar surface area (TPSA) is 72.8 Å². The second kappa shape index (κ2) is 67.4. The molecule has 0 heterocycles. The Kier molecular flexibility index (Phi) is 64.8. The van der Waals surface area contributed by atoms with Crippen molar-refractivity contribution in [2.45, 2.75) is 347 Å². The number of allylic oxidation sites excluding steroid dienone is 14. The molecule has 0 spiro atoms. The van der Waals surface area contributed by atoms with Crippen molar-refractivity contribution >= 4 is 11.9 Å². The SMILES string of the molecule is CC/C=C\C/C=C\C/C=C\C/C=C\C/C=C\C/C=C\C/C=C\CCCC(=O)OC(CO)COC(=O)CCCCCCCCCCCCCCCCCCCCCCCCCCCCCCCCCCCCCCCCCC. The molecule has 0 fully saturated rings. The first-order chi connectivity index (χ1) is 38.1. The summed E-state index contributed by atoms with van der Waals surface area (Å²) in [5, 5.41) is 9.66. The third-order valence-electron chi connectivity index (χ3n) is 15.0. The predicted molar refractivity (Wildman–Crippen MR) is 339 cm³/mol. The fourth-order valence-electron chi connectivity index (χ4n) is 9.96. The van der Waals surface area contributed by atoms with Crippen molar-refractivity contribution in [3.8, 4) is 0 Å². The first-order valence-corrected chi connectivity index (χ1v) is 33.6. The number of carbonyl (C=O) groups is 2. The van der Waals surface area contributed by atoms with Crippen LogP contribution in [0.2, 0.25) is 0 Å². The Balaban J connectivity index is 3.44. The van der Waals surface area contributed by atoms with Crippen molar-refractivity contribution in [3.05, 3.63) is 85.1 Å². The standard InChI is InChI=1S/C72H128O5/c1-3-5-7-9-11-13-15-17-19-21-23-25-27-28-29-30-31-32-33-34-35-36-37-38-39-40-41-42-43-45-46-48-50-52-54-56-58-60-62-64-66-71(74)76-69-70(68-73)77-72(75)67-65-63-61-59-57-55-53-51-49-47-44-26-24-22-20-18-16-14-12-10-8-6-4-2/h6,8,12,14,18,20,24,26,47,49,53,55,59,61,70,73H,3-5,7,9-11,13,15-17,19,21-23,25,27-46,48,50-52,54,56-58,60,62-69H2,1-2H3/b8-6-,14-12-,20-18-,26-24-,49-47-,55-53-,61-59-. The van der Waals surface area contributed by atoms with Gasteiger partial charge in [0.25, 0.3) is 0 Å². The summed E-state index contributed by atoms with van der Waals surface area (Å²) in [4.78, 5) is 24.6. The van der Waals surface area contributed by atoms with Crippen molar-refractivity contribution in [1.29, 1.82) is 0 Å². The Morgan fingerprint density at radius 3 is 0.831 bits per heavy atom. The molecule has 0 saturated carbocycles. The van der Waals surface area contributed by atoms with E-state index in [9.17, 15) is 14.7 Å². The van der Waals surface area contributed by atoms with E-state index in [-0.39, 0.29) is 31.6 Å². The normalized spacial score (nSPS) is 12.7. The van der Waals surface area contributed by atoms with Crippen LogP contribution in [0.4, 0.5) is 0 Å². The zero-order valence-electron chi connectivity index (χ0n) is 51.2. The number of hydrogen-bond donors (Lipinski definition) is 1. The molecule has 0 radical (unpaired) electrons. The molecule has 0 aliphatic rings. The predicted octanol–water partition coefficient (Wildman–Crippen LogP) is 23.3. The molecule has 5 heteroatoms. The van der Waals surface area contributed by atoms with Gasteiger partial charge in [0.15, 0.2) is 6.10 Å². The summed E-state index contributed by atoms with van der Waals surface area (Å²) in [5.41, 5.74) is 0. The summed E-state index contributed by atoms with van der Waals surface area (Å²) < 4.78 is 10.7. The number of hydrogen-bond acceptors (Lipinski definition) is 5. The minimum absolute atomic E-state index is 0.0906. The van der Waals surface area contributed by atoms with Gasteiger partial charge >= 0.3 is 11.9 Å². The maximum atomic E-state index is 12.3. The van der Waals surface area contributed by atoms with Crippen LogP contribution in [0.5, 0.6) is 0 Å². The molecule has 0 saturated heterocycles. The lowest BCUT2D eigenvalue weighted by molar-refractivity contribution is -0.161. The van der Waals surface area contributed by atoms with Crippen molar-refractivity contribution in [2.24, 2.45) is 0 Å². The monoisotopic (exact) mass is 1070 g/mol. The average Bonchev–Trinajstić information content (AvgIpc) is 3.43. The Hall–Kier alpha value is -2.92. The molecule has 1 N–H and O–H groups in total. The summed E-state index contributed by atoms with van der Waals surface area (Å²) in [6, 6.07) is 0. The van der Waals surface area contributed by atoms with Gasteiger partial charge in [-0.05, 0) is 64.2 Å². The number of esters is 2. The van der Waals surface area contributed by atoms with Gasteiger partial charge in [-0.2, -0.15) is 0 Å². The Bertz CT molecular complexity index is 1400. The molecule has 0 aliphatic heterocycles. The van der Waals surface area contributed by atoms with Gasteiger partial charge < -0.3 is 14.6 Å². The third kappa shape index (κ3) is 65.5. The number of aliphatic hydroxyl groups excluding tert-OH is 1. The molecule has 0 aromatic heterocycles. The zero-order valence-corrected chi connectivity index (χ0v) is 51.2. The van der Waals surface area contributed by atoms with Crippen molar-refractivity contribution in [1.82, 2.24) is 0 Å². The molecular formula is C72H128O5. The quantitative estimate of drug-likeness (QED) is 0.0373. The fourth-order valence-corrected chi connectivity index (χ4v) is 9.96. The van der Waals surface area contributed by atoms with E-state index in [0.29, 0.717) is 12.8 Å². The van der Waals surface area contributed by atoms with Gasteiger partial charge in [0.05, 0.1) is 6.61 Å². The molecule has 0 amide bonds. The van der Waals surface area contributed by atoms with E-state index in [1.54, 1.807) is 0 Å². The molecule has 0 rings (SSSR count). The summed E-state index contributed by atoms with van der Waals surface area (Å²) >= 11 is 0. The molecule has 0 bridgehead atoms. The molecule has 0 aromatic rings. The highest BCUT2D eigenvalue weighted by molar-refractivity contribution is 5.70. The van der Waals surface area contributed by atoms with E-state index in [1.807, 2.05) is 0 Å². The number of rotatable bonds is 62. The van der Waals surface area contributed by atoms with Gasteiger partial charge in [0.1, 0.15) is 6.61 Å². The van der Waals surface area contributed by atoms with Crippen LogP contribution in [0.15, 0.2) is 85.1 Å². The van der Waals surface area contributed by atoms with Crippen LogP contribution in [0.3, 0.4) is 0 Å². The summed E-state index contributed by atoms with van der Waals surface area (Å²) in [7, 11) is 0. The molecule has 5 nitrogen and oxygen atoms in total. The van der Waals surface area contributed by atoms with Crippen molar-refractivity contribution in [3.63, 3.8) is 0 Å². The lowest BCUT2D eigenvalue weighted by atomic mass is 10.0. The highest BCUT2D eigenvalue weighted by atomic mass is 16.6. The van der Waals surface area contributed by atoms with Crippen molar-refractivity contribution in [2.75, 3.05) is 13.2 Å². The minimum Gasteiger partial charge on any atom is -0.462 e. The number of aliphatic hydroxyl groups is 1. The molecular weight excluding hydrogens is 945 g/mol.